The number of thioether (sulfide) groups is 2. The van der Waals surface area contributed by atoms with Crippen LogP contribution in [0.4, 0.5) is 5.69 Å². The van der Waals surface area contributed by atoms with Gasteiger partial charge in [0.05, 0.1) is 0 Å². The second-order valence-electron chi connectivity index (χ2n) is 4.50. The van der Waals surface area contributed by atoms with E-state index in [1.807, 2.05) is 48.5 Å². The number of nitrogens with zero attached hydrogens (tertiary/aromatic N) is 2. The summed E-state index contributed by atoms with van der Waals surface area (Å²) in [4.78, 5) is 4.11. The second kappa shape index (κ2) is 6.75. The van der Waals surface area contributed by atoms with Gasteiger partial charge in [0.25, 0.3) is 0 Å². The molecule has 0 aromatic heterocycles. The Morgan fingerprint density at radius 3 is 2.38 bits per heavy atom. The van der Waals surface area contributed by atoms with Crippen LogP contribution in [-0.2, 0) is 0 Å². The molecule has 2 nitrogen and oxygen atoms in total. The smallest absolute Gasteiger partial charge is 0.120 e. The molecular weight excluding hydrogens is 296 g/mol. The Bertz CT molecular complexity index is 675. The van der Waals surface area contributed by atoms with Crippen molar-refractivity contribution in [2.75, 3.05) is 17.2 Å². The molecule has 0 bridgehead atoms. The standard InChI is InChI=1S/C17H14N2S2/c18-13-16(21-15-9-5-2-6-10-15)17-19(11-12-20-17)14-7-3-1-4-8-14/h1-10H,11-12H2/b17-16+. The van der Waals surface area contributed by atoms with Crippen LogP contribution in [0.3, 0.4) is 0 Å². The third-order valence-electron chi connectivity index (χ3n) is 3.13. The summed E-state index contributed by atoms with van der Waals surface area (Å²) in [6, 6.07) is 22.7. The summed E-state index contributed by atoms with van der Waals surface area (Å²) in [6.07, 6.45) is 0. The Kier molecular flexibility index (Phi) is 4.54. The number of nitriles is 1. The molecule has 1 fully saturated rings. The van der Waals surface area contributed by atoms with Gasteiger partial charge in [-0.2, -0.15) is 5.26 Å². The summed E-state index contributed by atoms with van der Waals surface area (Å²) in [5.74, 6) is 1.02. The van der Waals surface area contributed by atoms with Crippen LogP contribution in [0.15, 0.2) is 75.5 Å². The minimum atomic E-state index is 0.771. The van der Waals surface area contributed by atoms with Gasteiger partial charge in [0, 0.05) is 22.9 Å². The van der Waals surface area contributed by atoms with Gasteiger partial charge in [-0.3, -0.25) is 0 Å². The van der Waals surface area contributed by atoms with Gasteiger partial charge in [-0.25, -0.2) is 0 Å². The first kappa shape index (κ1) is 14.1. The van der Waals surface area contributed by atoms with E-state index in [0.29, 0.717) is 0 Å². The number of allylic oxidation sites excluding steroid dienone is 1. The predicted octanol–water partition coefficient (Wildman–Crippen LogP) is 4.72. The van der Waals surface area contributed by atoms with Gasteiger partial charge >= 0.3 is 0 Å². The van der Waals surface area contributed by atoms with Crippen LogP contribution in [0, 0.1) is 11.3 Å². The van der Waals surface area contributed by atoms with Crippen LogP contribution in [-0.4, -0.2) is 12.3 Å². The second-order valence-corrected chi connectivity index (χ2v) is 6.66. The van der Waals surface area contributed by atoms with Crippen LogP contribution in [0.1, 0.15) is 0 Å². The summed E-state index contributed by atoms with van der Waals surface area (Å²) in [5, 5.41) is 10.6. The van der Waals surface area contributed by atoms with E-state index in [2.05, 4.69) is 23.1 Å². The number of hydrogen-bond donors (Lipinski definition) is 0. The highest BCUT2D eigenvalue weighted by Gasteiger charge is 2.23. The van der Waals surface area contributed by atoms with E-state index in [9.17, 15) is 5.26 Å². The molecule has 4 heteroatoms. The Labute approximate surface area is 133 Å². The van der Waals surface area contributed by atoms with Gasteiger partial charge in [0.2, 0.25) is 0 Å². The zero-order valence-corrected chi connectivity index (χ0v) is 13.0. The fourth-order valence-corrected chi connectivity index (χ4v) is 4.25. The van der Waals surface area contributed by atoms with Crippen molar-refractivity contribution in [3.05, 3.63) is 70.6 Å². The van der Waals surface area contributed by atoms with Gasteiger partial charge in [0.1, 0.15) is 16.0 Å². The number of anilines is 1. The van der Waals surface area contributed by atoms with Crippen molar-refractivity contribution in [3.63, 3.8) is 0 Å². The van der Waals surface area contributed by atoms with E-state index < -0.39 is 0 Å². The summed E-state index contributed by atoms with van der Waals surface area (Å²) in [5.41, 5.74) is 1.15. The lowest BCUT2D eigenvalue weighted by Crippen LogP contribution is -2.17. The molecule has 0 amide bonds. The summed E-state index contributed by atoms with van der Waals surface area (Å²) >= 11 is 3.30. The molecule has 0 radical (unpaired) electrons. The molecule has 0 saturated carbocycles. The molecule has 0 spiro atoms. The number of rotatable bonds is 3. The van der Waals surface area contributed by atoms with Crippen LogP contribution in [0.25, 0.3) is 0 Å². The molecule has 1 aliphatic heterocycles. The van der Waals surface area contributed by atoms with E-state index in [1.165, 1.54) is 0 Å². The lowest BCUT2D eigenvalue weighted by atomic mass is 10.3. The molecule has 0 aliphatic carbocycles. The average molecular weight is 310 g/mol. The van der Waals surface area contributed by atoms with Crippen molar-refractivity contribution in [3.8, 4) is 6.07 Å². The van der Waals surface area contributed by atoms with E-state index in [1.54, 1.807) is 23.5 Å². The molecule has 0 atom stereocenters. The zero-order valence-electron chi connectivity index (χ0n) is 11.4. The summed E-state index contributed by atoms with van der Waals surface area (Å²) in [7, 11) is 0. The molecule has 0 N–H and O–H groups in total. The average Bonchev–Trinajstić information content (AvgIpc) is 3.04. The first-order valence-corrected chi connectivity index (χ1v) is 8.51. The van der Waals surface area contributed by atoms with Crippen molar-refractivity contribution in [2.24, 2.45) is 0 Å². The number of hydrogen-bond acceptors (Lipinski definition) is 4. The minimum absolute atomic E-state index is 0.771. The Morgan fingerprint density at radius 1 is 1.05 bits per heavy atom. The quantitative estimate of drug-likeness (QED) is 0.605. The molecule has 2 aromatic rings. The lowest BCUT2D eigenvalue weighted by Gasteiger charge is -2.20. The van der Waals surface area contributed by atoms with Crippen LogP contribution < -0.4 is 4.90 Å². The first-order chi connectivity index (χ1) is 10.4. The highest BCUT2D eigenvalue weighted by molar-refractivity contribution is 8.07. The first-order valence-electron chi connectivity index (χ1n) is 6.71. The van der Waals surface area contributed by atoms with Crippen molar-refractivity contribution < 1.29 is 0 Å². The maximum absolute atomic E-state index is 9.54. The topological polar surface area (TPSA) is 27.0 Å². The molecule has 3 rings (SSSR count). The van der Waals surface area contributed by atoms with E-state index in [0.717, 1.165) is 32.8 Å². The Balaban J connectivity index is 1.92. The Morgan fingerprint density at radius 2 is 1.71 bits per heavy atom. The van der Waals surface area contributed by atoms with Gasteiger partial charge in [-0.15, -0.1) is 11.8 Å². The highest BCUT2D eigenvalue weighted by Crippen LogP contribution is 2.40. The number of para-hydroxylation sites is 1. The SMILES string of the molecule is N#C/C(Sc1ccccc1)=C1\SCCN1c1ccccc1. The molecule has 2 aromatic carbocycles. The lowest BCUT2D eigenvalue weighted by molar-refractivity contribution is 1.05. The maximum atomic E-state index is 9.54. The van der Waals surface area contributed by atoms with Crippen molar-refractivity contribution >= 4 is 29.2 Å². The molecule has 1 aliphatic rings. The third kappa shape index (κ3) is 3.26. The minimum Gasteiger partial charge on any atom is -0.334 e. The maximum Gasteiger partial charge on any atom is 0.120 e. The van der Waals surface area contributed by atoms with Gasteiger partial charge in [0.15, 0.2) is 0 Å². The fourth-order valence-electron chi connectivity index (χ4n) is 2.18. The van der Waals surface area contributed by atoms with Crippen LogP contribution in [0.5, 0.6) is 0 Å². The summed E-state index contributed by atoms with van der Waals surface area (Å²) < 4.78 is 0. The normalized spacial score (nSPS) is 16.6. The van der Waals surface area contributed by atoms with Crippen molar-refractivity contribution in [1.82, 2.24) is 0 Å². The summed E-state index contributed by atoms with van der Waals surface area (Å²) in [6.45, 7) is 0.949. The molecule has 0 unspecified atom stereocenters. The zero-order chi connectivity index (χ0) is 14.5. The van der Waals surface area contributed by atoms with E-state index >= 15 is 0 Å². The molecule has 21 heavy (non-hydrogen) atoms. The van der Waals surface area contributed by atoms with E-state index in [4.69, 9.17) is 0 Å². The molecule has 1 saturated heterocycles. The van der Waals surface area contributed by atoms with E-state index in [-0.39, 0.29) is 0 Å². The highest BCUT2D eigenvalue weighted by atomic mass is 32.2. The third-order valence-corrected chi connectivity index (χ3v) is 5.34. The monoisotopic (exact) mass is 310 g/mol. The van der Waals surface area contributed by atoms with Crippen LogP contribution >= 0.6 is 23.5 Å². The van der Waals surface area contributed by atoms with Gasteiger partial charge in [-0.05, 0) is 24.3 Å². The molecular formula is C17H14N2S2. The van der Waals surface area contributed by atoms with Crippen molar-refractivity contribution in [2.45, 2.75) is 4.90 Å². The molecule has 1 heterocycles. The van der Waals surface area contributed by atoms with Crippen LogP contribution in [0.2, 0.25) is 0 Å². The Hall–Kier alpha value is -1.83. The van der Waals surface area contributed by atoms with Gasteiger partial charge < -0.3 is 4.90 Å². The van der Waals surface area contributed by atoms with Crippen molar-refractivity contribution in [1.29, 1.82) is 5.26 Å². The fraction of sp³-hybridized carbons (Fsp3) is 0.118. The molecule has 104 valence electrons. The van der Waals surface area contributed by atoms with Gasteiger partial charge in [-0.1, -0.05) is 48.2 Å². The predicted molar refractivity (Wildman–Crippen MR) is 91.2 cm³/mol. The number of benzene rings is 2. The largest absolute Gasteiger partial charge is 0.334 e.